The minimum atomic E-state index is -0.324. The van der Waals surface area contributed by atoms with Gasteiger partial charge in [0.05, 0.1) is 11.9 Å². The van der Waals surface area contributed by atoms with Gasteiger partial charge in [-0.05, 0) is 30.7 Å². The summed E-state index contributed by atoms with van der Waals surface area (Å²) in [5.41, 5.74) is 3.57. The summed E-state index contributed by atoms with van der Waals surface area (Å²) >= 11 is 0. The summed E-state index contributed by atoms with van der Waals surface area (Å²) in [6.45, 7) is 1.93. The Morgan fingerprint density at radius 1 is 1.04 bits per heavy atom. The van der Waals surface area contributed by atoms with Crippen molar-refractivity contribution in [3.8, 4) is 17.1 Å². The zero-order valence-electron chi connectivity index (χ0n) is 14.9. The molecule has 27 heavy (non-hydrogen) atoms. The number of benzene rings is 2. The molecular formula is C19H17N7O. The normalized spacial score (nSPS) is 10.7. The van der Waals surface area contributed by atoms with Crippen molar-refractivity contribution in [1.29, 1.82) is 0 Å². The maximum Gasteiger partial charge on any atom is 0.277 e. The fraction of sp³-hybridized carbons (Fsp3) is 0.105. The number of aryl methyl sites for hydroxylation is 1. The van der Waals surface area contributed by atoms with E-state index >= 15 is 0 Å². The maximum absolute atomic E-state index is 12.6. The summed E-state index contributed by atoms with van der Waals surface area (Å²) in [5, 5.41) is 19.0. The van der Waals surface area contributed by atoms with Gasteiger partial charge in [-0.3, -0.25) is 4.79 Å². The summed E-state index contributed by atoms with van der Waals surface area (Å²) in [6, 6.07) is 15.2. The third-order valence-electron chi connectivity index (χ3n) is 4.28. The van der Waals surface area contributed by atoms with Gasteiger partial charge in [0, 0.05) is 18.3 Å². The topological polar surface area (TPSA) is 90.5 Å². The van der Waals surface area contributed by atoms with Crippen LogP contribution < -0.4 is 5.32 Å². The van der Waals surface area contributed by atoms with E-state index in [1.165, 1.54) is 0 Å². The number of rotatable bonds is 4. The maximum atomic E-state index is 12.6. The number of carbonyl (C=O) groups is 1. The molecule has 0 aliphatic carbocycles. The highest BCUT2D eigenvalue weighted by molar-refractivity contribution is 6.03. The molecule has 2 heterocycles. The lowest BCUT2D eigenvalue weighted by Gasteiger charge is -2.11. The fourth-order valence-corrected chi connectivity index (χ4v) is 2.80. The molecule has 0 radical (unpaired) electrons. The van der Waals surface area contributed by atoms with Crippen LogP contribution in [0.5, 0.6) is 0 Å². The molecule has 0 aliphatic rings. The van der Waals surface area contributed by atoms with E-state index in [4.69, 9.17) is 0 Å². The first kappa shape index (κ1) is 16.6. The number of hydrogen-bond acceptors (Lipinski definition) is 5. The van der Waals surface area contributed by atoms with Gasteiger partial charge in [0.15, 0.2) is 11.5 Å². The Balaban J connectivity index is 1.59. The molecule has 0 atom stereocenters. The van der Waals surface area contributed by atoms with Crippen molar-refractivity contribution in [3.63, 3.8) is 0 Å². The van der Waals surface area contributed by atoms with Gasteiger partial charge in [0.1, 0.15) is 6.33 Å². The number of carbonyl (C=O) groups excluding carboxylic acids is 1. The first-order chi connectivity index (χ1) is 13.1. The monoisotopic (exact) mass is 359 g/mol. The standard InChI is InChI=1S/C19H17N7O/c1-13-15(18-23-20-12-25(18)2)9-6-10-16(13)21-19(27)17-11-26(24-22-17)14-7-4-3-5-8-14/h3-12H,1-2H3,(H,21,27). The predicted octanol–water partition coefficient (Wildman–Crippen LogP) is 2.62. The zero-order valence-corrected chi connectivity index (χ0v) is 14.9. The van der Waals surface area contributed by atoms with Gasteiger partial charge in [0.25, 0.3) is 5.91 Å². The van der Waals surface area contributed by atoms with Crippen LogP contribution >= 0.6 is 0 Å². The van der Waals surface area contributed by atoms with Crippen molar-refractivity contribution in [2.24, 2.45) is 7.05 Å². The first-order valence-electron chi connectivity index (χ1n) is 8.36. The Morgan fingerprint density at radius 2 is 1.85 bits per heavy atom. The quantitative estimate of drug-likeness (QED) is 0.605. The first-order valence-corrected chi connectivity index (χ1v) is 8.36. The molecule has 1 amide bonds. The lowest BCUT2D eigenvalue weighted by atomic mass is 10.1. The molecule has 0 saturated carbocycles. The van der Waals surface area contributed by atoms with Crippen molar-refractivity contribution in [1.82, 2.24) is 29.8 Å². The van der Waals surface area contributed by atoms with E-state index in [0.29, 0.717) is 5.69 Å². The summed E-state index contributed by atoms with van der Waals surface area (Å²) < 4.78 is 3.40. The number of amides is 1. The largest absolute Gasteiger partial charge is 0.320 e. The fourth-order valence-electron chi connectivity index (χ4n) is 2.80. The second-order valence-electron chi connectivity index (χ2n) is 6.08. The highest BCUT2D eigenvalue weighted by atomic mass is 16.2. The lowest BCUT2D eigenvalue weighted by Crippen LogP contribution is -2.13. The van der Waals surface area contributed by atoms with Crippen LogP contribution in [0.25, 0.3) is 17.1 Å². The third-order valence-corrected chi connectivity index (χ3v) is 4.28. The van der Waals surface area contributed by atoms with E-state index in [1.807, 2.05) is 67.1 Å². The molecular weight excluding hydrogens is 342 g/mol. The number of para-hydroxylation sites is 1. The Morgan fingerprint density at radius 3 is 2.59 bits per heavy atom. The van der Waals surface area contributed by atoms with Gasteiger partial charge in [-0.25, -0.2) is 4.68 Å². The number of aromatic nitrogens is 6. The van der Waals surface area contributed by atoms with Gasteiger partial charge in [-0.1, -0.05) is 35.5 Å². The minimum Gasteiger partial charge on any atom is -0.320 e. The van der Waals surface area contributed by atoms with Gasteiger partial charge < -0.3 is 9.88 Å². The average Bonchev–Trinajstić information content (AvgIpc) is 3.34. The molecule has 134 valence electrons. The molecule has 0 aliphatic heterocycles. The Kier molecular flexibility index (Phi) is 4.21. The van der Waals surface area contributed by atoms with Crippen LogP contribution in [0, 0.1) is 6.92 Å². The van der Waals surface area contributed by atoms with Gasteiger partial charge in [0.2, 0.25) is 0 Å². The molecule has 8 heteroatoms. The van der Waals surface area contributed by atoms with Crippen molar-refractivity contribution in [3.05, 3.63) is 72.3 Å². The minimum absolute atomic E-state index is 0.238. The molecule has 4 aromatic rings. The zero-order chi connectivity index (χ0) is 18.8. The molecule has 0 spiro atoms. The number of nitrogens with zero attached hydrogens (tertiary/aromatic N) is 6. The van der Waals surface area contributed by atoms with E-state index < -0.39 is 0 Å². The molecule has 8 nitrogen and oxygen atoms in total. The van der Waals surface area contributed by atoms with Gasteiger partial charge in [-0.15, -0.1) is 15.3 Å². The summed E-state index contributed by atoms with van der Waals surface area (Å²) in [7, 11) is 1.88. The highest BCUT2D eigenvalue weighted by Crippen LogP contribution is 2.27. The van der Waals surface area contributed by atoms with Crippen LogP contribution in [0.1, 0.15) is 16.1 Å². The van der Waals surface area contributed by atoms with Crippen LogP contribution in [-0.2, 0) is 7.05 Å². The SMILES string of the molecule is Cc1c(NC(=O)c2cn(-c3ccccc3)nn2)cccc1-c1nncn1C. The molecule has 0 fully saturated rings. The van der Waals surface area contributed by atoms with Crippen molar-refractivity contribution >= 4 is 11.6 Å². The number of nitrogens with one attached hydrogen (secondary N) is 1. The molecule has 0 saturated heterocycles. The number of hydrogen-bond donors (Lipinski definition) is 1. The molecule has 2 aromatic carbocycles. The van der Waals surface area contributed by atoms with Crippen molar-refractivity contribution < 1.29 is 4.79 Å². The lowest BCUT2D eigenvalue weighted by molar-refractivity contribution is 0.102. The van der Waals surface area contributed by atoms with E-state index in [9.17, 15) is 4.79 Å². The van der Waals surface area contributed by atoms with Gasteiger partial charge in [-0.2, -0.15) is 0 Å². The summed E-state index contributed by atoms with van der Waals surface area (Å²) in [6.07, 6.45) is 3.24. The molecule has 0 bridgehead atoms. The Bertz CT molecular complexity index is 1100. The predicted molar refractivity (Wildman–Crippen MR) is 100 cm³/mol. The van der Waals surface area contributed by atoms with E-state index in [0.717, 1.165) is 22.6 Å². The number of anilines is 1. The second-order valence-corrected chi connectivity index (χ2v) is 6.08. The van der Waals surface area contributed by atoms with Crippen LogP contribution in [0.2, 0.25) is 0 Å². The molecule has 2 aromatic heterocycles. The Hall–Kier alpha value is -3.81. The third kappa shape index (κ3) is 3.20. The van der Waals surface area contributed by atoms with Gasteiger partial charge >= 0.3 is 0 Å². The highest BCUT2D eigenvalue weighted by Gasteiger charge is 2.15. The summed E-state index contributed by atoms with van der Waals surface area (Å²) in [5.74, 6) is 0.411. The molecule has 4 rings (SSSR count). The molecule has 1 N–H and O–H groups in total. The molecule has 0 unspecified atom stereocenters. The van der Waals surface area contributed by atoms with Crippen molar-refractivity contribution in [2.45, 2.75) is 6.92 Å². The van der Waals surface area contributed by atoms with E-state index in [-0.39, 0.29) is 11.6 Å². The summed E-state index contributed by atoms with van der Waals surface area (Å²) in [4.78, 5) is 12.6. The van der Waals surface area contributed by atoms with Crippen LogP contribution in [0.15, 0.2) is 61.1 Å². The van der Waals surface area contributed by atoms with Crippen molar-refractivity contribution in [2.75, 3.05) is 5.32 Å². The average molecular weight is 359 g/mol. The van der Waals surface area contributed by atoms with Crippen LogP contribution in [0.4, 0.5) is 5.69 Å². The van der Waals surface area contributed by atoms with E-state index in [1.54, 1.807) is 17.2 Å². The smallest absolute Gasteiger partial charge is 0.277 e. The Labute approximate surface area is 155 Å². The van der Waals surface area contributed by atoms with Crippen LogP contribution in [-0.4, -0.2) is 35.7 Å². The second kappa shape index (κ2) is 6.83. The van der Waals surface area contributed by atoms with E-state index in [2.05, 4.69) is 25.8 Å². The van der Waals surface area contributed by atoms with Crippen LogP contribution in [0.3, 0.4) is 0 Å².